The minimum Gasteiger partial charge on any atom is -0.271 e. The van der Waals surface area contributed by atoms with Crippen LogP contribution in [0.25, 0.3) is 0 Å². The molecule has 0 spiro atoms. The fourth-order valence-electron chi connectivity index (χ4n) is 3.19. The van der Waals surface area contributed by atoms with Crippen LogP contribution in [0.2, 0.25) is 0 Å². The minimum atomic E-state index is -3.77. The second-order valence-electron chi connectivity index (χ2n) is 6.92. The maximum atomic E-state index is 12.9. The molecule has 3 rings (SSSR count). The number of nitrogens with zero attached hydrogens (tertiary/aromatic N) is 2. The predicted octanol–water partition coefficient (Wildman–Crippen LogP) is 3.56. The maximum Gasteiger partial charge on any atom is 0.295 e. The number of anilines is 1. The molecule has 0 saturated carbocycles. The van der Waals surface area contributed by atoms with E-state index in [1.54, 1.807) is 0 Å². The van der Waals surface area contributed by atoms with E-state index in [1.807, 2.05) is 37.3 Å². The van der Waals surface area contributed by atoms with Gasteiger partial charge in [0, 0.05) is 19.2 Å². The molecule has 0 amide bonds. The minimum absolute atomic E-state index is 0.0816. The number of hydrogen-bond acceptors (Lipinski definition) is 6. The highest BCUT2D eigenvalue weighted by atomic mass is 32.2. The van der Waals surface area contributed by atoms with Gasteiger partial charge in [-0.2, -0.15) is 4.31 Å². The van der Waals surface area contributed by atoms with Gasteiger partial charge in [-0.05, 0) is 36.5 Å². The molecule has 1 saturated heterocycles. The molecular weight excluding hydrogens is 382 g/mol. The van der Waals surface area contributed by atoms with E-state index in [0.29, 0.717) is 13.1 Å². The number of benzene rings is 2. The van der Waals surface area contributed by atoms with E-state index in [2.05, 4.69) is 5.48 Å². The number of nitro benzene ring substituents is 1. The van der Waals surface area contributed by atoms with Crippen molar-refractivity contribution < 1.29 is 18.2 Å². The van der Waals surface area contributed by atoms with Crippen LogP contribution in [0.4, 0.5) is 11.4 Å². The average Bonchev–Trinajstić information content (AvgIpc) is 2.68. The zero-order valence-electron chi connectivity index (χ0n) is 15.6. The van der Waals surface area contributed by atoms with Gasteiger partial charge in [0.25, 0.3) is 5.69 Å². The molecule has 0 aliphatic carbocycles. The first-order chi connectivity index (χ1) is 13.4. The lowest BCUT2D eigenvalue weighted by molar-refractivity contribution is -0.384. The Morgan fingerprint density at radius 2 is 2.00 bits per heavy atom. The van der Waals surface area contributed by atoms with E-state index < -0.39 is 14.9 Å². The number of rotatable bonds is 7. The van der Waals surface area contributed by atoms with Crippen molar-refractivity contribution in [3.05, 3.63) is 64.2 Å². The molecule has 28 heavy (non-hydrogen) atoms. The van der Waals surface area contributed by atoms with E-state index in [4.69, 9.17) is 4.84 Å². The zero-order chi connectivity index (χ0) is 20.1. The third kappa shape index (κ3) is 4.67. The van der Waals surface area contributed by atoms with E-state index in [-0.39, 0.29) is 28.8 Å². The summed E-state index contributed by atoms with van der Waals surface area (Å²) < 4.78 is 27.1. The van der Waals surface area contributed by atoms with Crippen molar-refractivity contribution >= 4 is 21.4 Å². The SMILES string of the molecule is C[C@H]1CCCN(S(=O)(=O)c2ccc(NOCc3ccccc3)c([N+](=O)[O-])c2)C1. The lowest BCUT2D eigenvalue weighted by Crippen LogP contribution is -2.39. The molecule has 2 aromatic rings. The molecule has 1 heterocycles. The Bertz CT molecular complexity index is 934. The summed E-state index contributed by atoms with van der Waals surface area (Å²) in [5.41, 5.74) is 3.21. The van der Waals surface area contributed by atoms with Crippen LogP contribution in [0.15, 0.2) is 53.4 Å². The fourth-order valence-corrected chi connectivity index (χ4v) is 4.81. The second kappa shape index (κ2) is 8.68. The molecule has 1 aliphatic heterocycles. The molecule has 0 aromatic heterocycles. The first-order valence-electron chi connectivity index (χ1n) is 9.08. The number of sulfonamides is 1. The summed E-state index contributed by atoms with van der Waals surface area (Å²) in [4.78, 5) is 16.1. The summed E-state index contributed by atoms with van der Waals surface area (Å²) >= 11 is 0. The normalized spacial score (nSPS) is 18.0. The van der Waals surface area contributed by atoms with Crippen molar-refractivity contribution in [2.24, 2.45) is 5.92 Å². The van der Waals surface area contributed by atoms with Crippen molar-refractivity contribution in [2.45, 2.75) is 31.3 Å². The third-order valence-corrected chi connectivity index (χ3v) is 6.55. The van der Waals surface area contributed by atoms with E-state index >= 15 is 0 Å². The van der Waals surface area contributed by atoms with Crippen molar-refractivity contribution in [1.82, 2.24) is 4.31 Å². The van der Waals surface area contributed by atoms with Crippen LogP contribution in [0.5, 0.6) is 0 Å². The Hall–Kier alpha value is -2.49. The monoisotopic (exact) mass is 405 g/mol. The van der Waals surface area contributed by atoms with E-state index in [9.17, 15) is 18.5 Å². The Kier molecular flexibility index (Phi) is 6.28. The molecule has 0 radical (unpaired) electrons. The predicted molar refractivity (Wildman–Crippen MR) is 105 cm³/mol. The number of hydrogen-bond donors (Lipinski definition) is 1. The topological polar surface area (TPSA) is 102 Å². The first kappa shape index (κ1) is 20.2. The average molecular weight is 405 g/mol. The van der Waals surface area contributed by atoms with Gasteiger partial charge in [-0.15, -0.1) is 0 Å². The molecule has 0 unspecified atom stereocenters. The largest absolute Gasteiger partial charge is 0.295 e. The Labute approximate surface area is 164 Å². The summed E-state index contributed by atoms with van der Waals surface area (Å²) in [7, 11) is -3.77. The van der Waals surface area contributed by atoms with Gasteiger partial charge in [0.2, 0.25) is 10.0 Å². The van der Waals surface area contributed by atoms with E-state index in [1.165, 1.54) is 16.4 Å². The van der Waals surface area contributed by atoms with Crippen LogP contribution in [0.1, 0.15) is 25.3 Å². The van der Waals surface area contributed by atoms with Crippen molar-refractivity contribution in [2.75, 3.05) is 18.6 Å². The Balaban J connectivity index is 1.77. The van der Waals surface area contributed by atoms with Crippen LogP contribution in [-0.4, -0.2) is 30.7 Å². The Morgan fingerprint density at radius 3 is 2.68 bits per heavy atom. The second-order valence-corrected chi connectivity index (χ2v) is 8.86. The summed E-state index contributed by atoms with van der Waals surface area (Å²) in [5, 5.41) is 11.5. The molecular formula is C19H23N3O5S. The fraction of sp³-hybridized carbons (Fsp3) is 0.368. The summed E-state index contributed by atoms with van der Waals surface area (Å²) in [6.45, 7) is 3.07. The lowest BCUT2D eigenvalue weighted by Gasteiger charge is -2.30. The van der Waals surface area contributed by atoms with Gasteiger partial charge in [0.1, 0.15) is 5.69 Å². The van der Waals surface area contributed by atoms with Crippen LogP contribution in [-0.2, 0) is 21.5 Å². The lowest BCUT2D eigenvalue weighted by atomic mass is 10.0. The van der Waals surface area contributed by atoms with Crippen molar-refractivity contribution in [3.63, 3.8) is 0 Å². The van der Waals surface area contributed by atoms with Crippen molar-refractivity contribution in [3.8, 4) is 0 Å². The highest BCUT2D eigenvalue weighted by molar-refractivity contribution is 7.89. The van der Waals surface area contributed by atoms with Gasteiger partial charge >= 0.3 is 0 Å². The van der Waals surface area contributed by atoms with Crippen LogP contribution < -0.4 is 5.48 Å². The molecule has 8 nitrogen and oxygen atoms in total. The van der Waals surface area contributed by atoms with Gasteiger partial charge in [-0.25, -0.2) is 8.42 Å². The number of piperidine rings is 1. The summed E-state index contributed by atoms with van der Waals surface area (Å²) in [5.74, 6) is 0.269. The van der Waals surface area contributed by atoms with Gasteiger partial charge in [-0.3, -0.25) is 20.4 Å². The molecule has 2 aromatic carbocycles. The summed E-state index contributed by atoms with van der Waals surface area (Å²) in [6, 6.07) is 13.2. The quantitative estimate of drug-likeness (QED) is 0.558. The van der Waals surface area contributed by atoms with Gasteiger partial charge in [-0.1, -0.05) is 37.3 Å². The first-order valence-corrected chi connectivity index (χ1v) is 10.5. The highest BCUT2D eigenvalue weighted by Crippen LogP contribution is 2.30. The van der Waals surface area contributed by atoms with Crippen LogP contribution in [0, 0.1) is 16.0 Å². The van der Waals surface area contributed by atoms with Gasteiger partial charge < -0.3 is 0 Å². The number of nitro groups is 1. The third-order valence-electron chi connectivity index (χ3n) is 4.69. The maximum absolute atomic E-state index is 12.9. The zero-order valence-corrected chi connectivity index (χ0v) is 16.4. The van der Waals surface area contributed by atoms with Gasteiger partial charge in [0.05, 0.1) is 16.4 Å². The highest BCUT2D eigenvalue weighted by Gasteiger charge is 2.30. The molecule has 150 valence electrons. The smallest absolute Gasteiger partial charge is 0.271 e. The summed E-state index contributed by atoms with van der Waals surface area (Å²) in [6.07, 6.45) is 1.77. The molecule has 9 heteroatoms. The molecule has 1 N–H and O–H groups in total. The molecule has 0 bridgehead atoms. The van der Waals surface area contributed by atoms with Crippen LogP contribution >= 0.6 is 0 Å². The molecule has 1 aliphatic rings. The van der Waals surface area contributed by atoms with E-state index in [0.717, 1.165) is 24.5 Å². The number of nitrogens with one attached hydrogen (secondary N) is 1. The standard InChI is InChI=1S/C19H23N3O5S/c1-15-6-5-11-21(13-15)28(25,26)17-9-10-18(19(12-17)22(23)24)20-27-14-16-7-3-2-4-8-16/h2-4,7-10,12,15,20H,5-6,11,13-14H2,1H3/t15-/m0/s1. The molecule has 1 fully saturated rings. The molecule has 1 atom stereocenters. The van der Waals surface area contributed by atoms with Crippen LogP contribution in [0.3, 0.4) is 0 Å². The van der Waals surface area contributed by atoms with Gasteiger partial charge in [0.15, 0.2) is 0 Å². The van der Waals surface area contributed by atoms with Crippen molar-refractivity contribution in [1.29, 1.82) is 0 Å². The Morgan fingerprint density at radius 1 is 1.25 bits per heavy atom.